The van der Waals surface area contributed by atoms with Crippen LogP contribution in [0.15, 0.2) is 42.5 Å². The summed E-state index contributed by atoms with van der Waals surface area (Å²) in [6, 6.07) is 12.5. The molecule has 0 aromatic heterocycles. The summed E-state index contributed by atoms with van der Waals surface area (Å²) >= 11 is 5.90. The SMILES string of the molecule is CCCCOc1ccc(CNC(=O)c2cccc(Cl)c2)cc1OC. The summed E-state index contributed by atoms with van der Waals surface area (Å²) in [6.45, 7) is 3.18. The largest absolute Gasteiger partial charge is 0.493 e. The fraction of sp³-hybridized carbons (Fsp3) is 0.316. The molecular weight excluding hydrogens is 326 g/mol. The molecule has 0 unspecified atom stereocenters. The van der Waals surface area contributed by atoms with Crippen molar-refractivity contribution in [3.8, 4) is 11.5 Å². The maximum Gasteiger partial charge on any atom is 0.251 e. The Hall–Kier alpha value is -2.20. The van der Waals surface area contributed by atoms with Crippen LogP contribution < -0.4 is 14.8 Å². The van der Waals surface area contributed by atoms with E-state index in [9.17, 15) is 4.79 Å². The van der Waals surface area contributed by atoms with Gasteiger partial charge in [0.05, 0.1) is 13.7 Å². The molecular formula is C19H22ClNO3. The Labute approximate surface area is 147 Å². The Morgan fingerprint density at radius 1 is 1.17 bits per heavy atom. The highest BCUT2D eigenvalue weighted by Crippen LogP contribution is 2.28. The Balaban J connectivity index is 1.98. The van der Waals surface area contributed by atoms with Crippen molar-refractivity contribution >= 4 is 17.5 Å². The molecule has 0 saturated carbocycles. The van der Waals surface area contributed by atoms with Crippen LogP contribution in [0.1, 0.15) is 35.7 Å². The van der Waals surface area contributed by atoms with Crippen molar-refractivity contribution in [2.75, 3.05) is 13.7 Å². The van der Waals surface area contributed by atoms with E-state index in [0.29, 0.717) is 29.5 Å². The van der Waals surface area contributed by atoms with Crippen LogP contribution >= 0.6 is 11.6 Å². The molecule has 1 amide bonds. The summed E-state index contributed by atoms with van der Waals surface area (Å²) in [7, 11) is 1.61. The van der Waals surface area contributed by atoms with Crippen molar-refractivity contribution in [1.82, 2.24) is 5.32 Å². The van der Waals surface area contributed by atoms with Crippen LogP contribution in [-0.4, -0.2) is 19.6 Å². The van der Waals surface area contributed by atoms with Crippen molar-refractivity contribution in [3.63, 3.8) is 0 Å². The van der Waals surface area contributed by atoms with Crippen molar-refractivity contribution in [1.29, 1.82) is 0 Å². The molecule has 0 heterocycles. The molecule has 0 saturated heterocycles. The summed E-state index contributed by atoms with van der Waals surface area (Å²) in [6.07, 6.45) is 2.08. The van der Waals surface area contributed by atoms with Crippen LogP contribution in [0.25, 0.3) is 0 Å². The minimum Gasteiger partial charge on any atom is -0.493 e. The molecule has 0 aliphatic rings. The molecule has 1 N–H and O–H groups in total. The van der Waals surface area contributed by atoms with Gasteiger partial charge in [-0.3, -0.25) is 4.79 Å². The van der Waals surface area contributed by atoms with E-state index in [1.807, 2.05) is 18.2 Å². The van der Waals surface area contributed by atoms with E-state index >= 15 is 0 Å². The lowest BCUT2D eigenvalue weighted by atomic mass is 10.1. The minimum atomic E-state index is -0.167. The number of carbonyl (C=O) groups excluding carboxylic acids is 1. The molecule has 2 aromatic carbocycles. The van der Waals surface area contributed by atoms with Crippen molar-refractivity contribution < 1.29 is 14.3 Å². The van der Waals surface area contributed by atoms with E-state index in [4.69, 9.17) is 21.1 Å². The van der Waals surface area contributed by atoms with Gasteiger partial charge in [-0.05, 0) is 42.3 Å². The van der Waals surface area contributed by atoms with Crippen molar-refractivity contribution in [2.24, 2.45) is 0 Å². The molecule has 5 heteroatoms. The molecule has 0 bridgehead atoms. The van der Waals surface area contributed by atoms with Gasteiger partial charge in [-0.1, -0.05) is 37.1 Å². The molecule has 0 spiro atoms. The van der Waals surface area contributed by atoms with Crippen molar-refractivity contribution in [3.05, 3.63) is 58.6 Å². The van der Waals surface area contributed by atoms with Gasteiger partial charge in [0.2, 0.25) is 0 Å². The third-order valence-electron chi connectivity index (χ3n) is 3.52. The molecule has 2 aromatic rings. The molecule has 0 atom stereocenters. The Bertz CT molecular complexity index is 688. The van der Waals surface area contributed by atoms with Gasteiger partial charge in [-0.25, -0.2) is 0 Å². The molecule has 4 nitrogen and oxygen atoms in total. The van der Waals surface area contributed by atoms with Crippen LogP contribution in [-0.2, 0) is 6.54 Å². The Kier molecular flexibility index (Phi) is 6.94. The fourth-order valence-electron chi connectivity index (χ4n) is 2.18. The number of halogens is 1. The van der Waals surface area contributed by atoms with Crippen LogP contribution in [0.5, 0.6) is 11.5 Å². The zero-order valence-corrected chi connectivity index (χ0v) is 14.7. The van der Waals surface area contributed by atoms with Crippen molar-refractivity contribution in [2.45, 2.75) is 26.3 Å². The van der Waals surface area contributed by atoms with Gasteiger partial charge in [0, 0.05) is 17.1 Å². The second-order valence-electron chi connectivity index (χ2n) is 5.38. The number of methoxy groups -OCH3 is 1. The van der Waals surface area contributed by atoms with E-state index in [1.165, 1.54) is 0 Å². The first-order valence-electron chi connectivity index (χ1n) is 7.97. The second-order valence-corrected chi connectivity index (χ2v) is 5.82. The van der Waals surface area contributed by atoms with Crippen LogP contribution in [0, 0.1) is 0 Å². The Morgan fingerprint density at radius 3 is 2.71 bits per heavy atom. The first-order valence-corrected chi connectivity index (χ1v) is 8.35. The summed E-state index contributed by atoms with van der Waals surface area (Å²) in [5, 5.41) is 3.41. The Morgan fingerprint density at radius 2 is 2.00 bits per heavy atom. The molecule has 0 aliphatic heterocycles. The van der Waals surface area contributed by atoms with E-state index in [1.54, 1.807) is 31.4 Å². The molecule has 24 heavy (non-hydrogen) atoms. The number of rotatable bonds is 8. The number of ether oxygens (including phenoxy) is 2. The van der Waals surface area contributed by atoms with Crippen LogP contribution in [0.4, 0.5) is 0 Å². The van der Waals surface area contributed by atoms with E-state index < -0.39 is 0 Å². The second kappa shape index (κ2) is 9.18. The maximum absolute atomic E-state index is 12.1. The van der Waals surface area contributed by atoms with Gasteiger partial charge in [-0.15, -0.1) is 0 Å². The van der Waals surface area contributed by atoms with E-state index in [-0.39, 0.29) is 5.91 Å². The molecule has 0 fully saturated rings. The van der Waals surface area contributed by atoms with Crippen LogP contribution in [0.3, 0.4) is 0 Å². The van der Waals surface area contributed by atoms with Gasteiger partial charge < -0.3 is 14.8 Å². The van der Waals surface area contributed by atoms with Gasteiger partial charge in [0.25, 0.3) is 5.91 Å². The quantitative estimate of drug-likeness (QED) is 0.717. The van der Waals surface area contributed by atoms with E-state index in [2.05, 4.69) is 12.2 Å². The number of nitrogens with one attached hydrogen (secondary N) is 1. The fourth-order valence-corrected chi connectivity index (χ4v) is 2.37. The van der Waals surface area contributed by atoms with Gasteiger partial charge in [0.1, 0.15) is 0 Å². The molecule has 128 valence electrons. The smallest absolute Gasteiger partial charge is 0.251 e. The average Bonchev–Trinajstić information content (AvgIpc) is 2.60. The topological polar surface area (TPSA) is 47.6 Å². The highest BCUT2D eigenvalue weighted by atomic mass is 35.5. The molecule has 2 rings (SSSR count). The minimum absolute atomic E-state index is 0.167. The predicted octanol–water partition coefficient (Wildman–Crippen LogP) is 4.46. The summed E-state index contributed by atoms with van der Waals surface area (Å²) in [4.78, 5) is 12.1. The average molecular weight is 348 g/mol. The number of hydrogen-bond acceptors (Lipinski definition) is 3. The highest BCUT2D eigenvalue weighted by Gasteiger charge is 2.08. The third kappa shape index (κ3) is 5.17. The van der Waals surface area contributed by atoms with Crippen LogP contribution in [0.2, 0.25) is 5.02 Å². The summed E-state index contributed by atoms with van der Waals surface area (Å²) in [5.74, 6) is 1.22. The number of amides is 1. The van der Waals surface area contributed by atoms with Gasteiger partial charge >= 0.3 is 0 Å². The summed E-state index contributed by atoms with van der Waals surface area (Å²) < 4.78 is 11.1. The zero-order valence-electron chi connectivity index (χ0n) is 14.0. The normalized spacial score (nSPS) is 10.3. The number of benzene rings is 2. The predicted molar refractivity (Wildman–Crippen MR) is 96.0 cm³/mol. The lowest BCUT2D eigenvalue weighted by Gasteiger charge is -2.12. The van der Waals surface area contributed by atoms with E-state index in [0.717, 1.165) is 24.2 Å². The first kappa shape index (κ1) is 18.1. The summed E-state index contributed by atoms with van der Waals surface area (Å²) in [5.41, 5.74) is 1.47. The number of unbranched alkanes of at least 4 members (excludes halogenated alkanes) is 1. The highest BCUT2D eigenvalue weighted by molar-refractivity contribution is 6.30. The molecule has 0 radical (unpaired) electrons. The zero-order chi connectivity index (χ0) is 17.4. The number of carbonyl (C=O) groups is 1. The maximum atomic E-state index is 12.1. The lowest BCUT2D eigenvalue weighted by molar-refractivity contribution is 0.0951. The number of hydrogen-bond donors (Lipinski definition) is 1. The monoisotopic (exact) mass is 347 g/mol. The standard InChI is InChI=1S/C19H22ClNO3/c1-3-4-10-24-17-9-8-14(11-18(17)23-2)13-21-19(22)15-6-5-7-16(20)12-15/h5-9,11-12H,3-4,10,13H2,1-2H3,(H,21,22). The third-order valence-corrected chi connectivity index (χ3v) is 3.76. The van der Waals surface area contributed by atoms with Gasteiger partial charge in [0.15, 0.2) is 11.5 Å². The first-order chi connectivity index (χ1) is 11.6. The molecule has 0 aliphatic carbocycles. The lowest BCUT2D eigenvalue weighted by Crippen LogP contribution is -2.22. The van der Waals surface area contributed by atoms with Gasteiger partial charge in [-0.2, -0.15) is 0 Å².